The van der Waals surface area contributed by atoms with Gasteiger partial charge in [-0.2, -0.15) is 5.10 Å². The van der Waals surface area contributed by atoms with Gasteiger partial charge < -0.3 is 14.4 Å². The van der Waals surface area contributed by atoms with E-state index in [1.807, 2.05) is 31.2 Å². The van der Waals surface area contributed by atoms with Crippen molar-refractivity contribution in [2.24, 2.45) is 5.92 Å². The van der Waals surface area contributed by atoms with E-state index >= 15 is 0 Å². The molecule has 3 rings (SSSR count). The number of halogens is 2. The first-order valence-electron chi connectivity index (χ1n) is 9.77. The second kappa shape index (κ2) is 11.4. The van der Waals surface area contributed by atoms with Gasteiger partial charge in [-0.1, -0.05) is 13.8 Å². The number of anilines is 1. The van der Waals surface area contributed by atoms with Crippen LogP contribution in [0.2, 0.25) is 0 Å². The van der Waals surface area contributed by atoms with E-state index in [0.29, 0.717) is 12.5 Å². The van der Waals surface area contributed by atoms with E-state index in [0.717, 1.165) is 53.6 Å². The Hall–Kier alpha value is -1.25. The third kappa shape index (κ3) is 5.92. The van der Waals surface area contributed by atoms with Gasteiger partial charge in [-0.05, 0) is 55.3 Å². The lowest BCUT2D eigenvalue weighted by Gasteiger charge is -2.34. The molecular weight excluding hydrogens is 443 g/mol. The van der Waals surface area contributed by atoms with Gasteiger partial charge in [0.1, 0.15) is 11.9 Å². The average molecular weight is 475 g/mol. The summed E-state index contributed by atoms with van der Waals surface area (Å²) in [5.41, 5.74) is 3.44. The zero-order chi connectivity index (χ0) is 20.4. The lowest BCUT2D eigenvalue weighted by atomic mass is 10.1. The smallest absolute Gasteiger partial charge is 0.290 e. The molecule has 0 saturated carbocycles. The van der Waals surface area contributed by atoms with Crippen LogP contribution in [-0.2, 0) is 17.7 Å². The second-order valence-corrected chi connectivity index (χ2v) is 9.35. The Labute approximate surface area is 194 Å². The van der Waals surface area contributed by atoms with Crippen molar-refractivity contribution < 1.29 is 4.55 Å². The zero-order valence-electron chi connectivity index (χ0n) is 18.3. The highest BCUT2D eigenvalue weighted by Gasteiger charge is 2.23. The molecule has 1 atom stereocenters. The lowest BCUT2D eigenvalue weighted by Crippen LogP contribution is -2.47. The maximum atomic E-state index is 13.2. The molecule has 6 nitrogen and oxygen atoms in total. The van der Waals surface area contributed by atoms with Crippen molar-refractivity contribution in [3.8, 4) is 11.3 Å². The molecule has 30 heavy (non-hydrogen) atoms. The van der Waals surface area contributed by atoms with Gasteiger partial charge in [0.2, 0.25) is 0 Å². The fourth-order valence-corrected chi connectivity index (χ4v) is 4.11. The van der Waals surface area contributed by atoms with Crippen LogP contribution in [0.5, 0.6) is 0 Å². The van der Waals surface area contributed by atoms with Gasteiger partial charge in [0.25, 0.3) is 5.56 Å². The van der Waals surface area contributed by atoms with E-state index in [1.165, 1.54) is 0 Å². The molecule has 0 radical (unpaired) electrons. The van der Waals surface area contributed by atoms with E-state index in [1.54, 1.807) is 10.9 Å². The summed E-state index contributed by atoms with van der Waals surface area (Å²) in [6.45, 7) is 10.3. The van der Waals surface area contributed by atoms with Crippen molar-refractivity contribution in [2.45, 2.75) is 32.2 Å². The molecule has 0 bridgehead atoms. The van der Waals surface area contributed by atoms with Crippen LogP contribution in [0.4, 0.5) is 5.69 Å². The summed E-state index contributed by atoms with van der Waals surface area (Å²) in [6.07, 6.45) is 1.67. The normalized spacial score (nSPS) is 15.5. The fraction of sp³-hybridized carbons (Fsp3) is 0.524. The highest BCUT2D eigenvalue weighted by atomic mass is 35.5. The van der Waals surface area contributed by atoms with Gasteiger partial charge in [-0.3, -0.25) is 4.79 Å². The van der Waals surface area contributed by atoms with Crippen LogP contribution in [0.3, 0.4) is 0 Å². The number of piperazine rings is 1. The molecule has 2 heterocycles. The molecule has 1 saturated heterocycles. The van der Waals surface area contributed by atoms with Crippen molar-refractivity contribution in [3.05, 3.63) is 40.2 Å². The van der Waals surface area contributed by atoms with Gasteiger partial charge >= 0.3 is 0 Å². The number of rotatable bonds is 5. The first-order valence-corrected chi connectivity index (χ1v) is 11.3. The number of hydrogen-bond donors (Lipinski definition) is 0. The highest BCUT2D eigenvalue weighted by Crippen LogP contribution is 2.28. The third-order valence-electron chi connectivity index (χ3n) is 5.19. The Morgan fingerprint density at radius 3 is 2.17 bits per heavy atom. The number of likely N-dealkylation sites (N-methyl/N-ethyl adjacent to an activating group) is 1. The Balaban J connectivity index is 0.00000225. The average Bonchev–Trinajstić information content (AvgIpc) is 2.65. The SMILES string of the molecule is Cc1c(-c2ccc([S+](C)[O-])cc2)nn(CC(C)C)c(=O)c1N1CCN(C)CC1.Cl.Cl. The first kappa shape index (κ1) is 26.8. The van der Waals surface area contributed by atoms with Crippen molar-refractivity contribution in [1.82, 2.24) is 14.7 Å². The van der Waals surface area contributed by atoms with Crippen molar-refractivity contribution in [1.29, 1.82) is 0 Å². The maximum Gasteiger partial charge on any atom is 0.290 e. The highest BCUT2D eigenvalue weighted by molar-refractivity contribution is 7.90. The molecule has 0 N–H and O–H groups in total. The maximum absolute atomic E-state index is 13.2. The molecule has 2 aromatic rings. The predicted octanol–water partition coefficient (Wildman–Crippen LogP) is 3.21. The largest absolute Gasteiger partial charge is 0.612 e. The van der Waals surface area contributed by atoms with Gasteiger partial charge in [0.15, 0.2) is 4.90 Å². The van der Waals surface area contributed by atoms with E-state index in [2.05, 4.69) is 30.7 Å². The lowest BCUT2D eigenvalue weighted by molar-refractivity contribution is 0.312. The molecule has 1 aromatic carbocycles. The van der Waals surface area contributed by atoms with Gasteiger partial charge in [0, 0.05) is 43.9 Å². The monoisotopic (exact) mass is 474 g/mol. The van der Waals surface area contributed by atoms with Crippen molar-refractivity contribution in [2.75, 3.05) is 44.4 Å². The summed E-state index contributed by atoms with van der Waals surface area (Å²) in [5.74, 6) is 0.325. The standard InChI is InChI=1S/C21H30N4O2S.2ClH/c1-15(2)14-25-21(26)20(24-12-10-23(4)11-13-24)16(3)19(22-25)17-6-8-18(9-7-17)28(5)27;;/h6-9,15H,10-14H2,1-5H3;2*1H. The molecule has 1 aliphatic rings. The van der Waals surface area contributed by atoms with E-state index in [4.69, 9.17) is 5.10 Å². The summed E-state index contributed by atoms with van der Waals surface area (Å²) in [7, 11) is 2.11. The van der Waals surface area contributed by atoms with Crippen LogP contribution >= 0.6 is 24.8 Å². The first-order chi connectivity index (χ1) is 13.3. The molecule has 1 unspecified atom stereocenters. The van der Waals surface area contributed by atoms with Gasteiger partial charge in [0.05, 0.1) is 5.69 Å². The quantitative estimate of drug-likeness (QED) is 0.622. The molecule has 168 valence electrons. The summed E-state index contributed by atoms with van der Waals surface area (Å²) in [4.78, 5) is 18.5. The molecule has 1 aliphatic heterocycles. The molecule has 0 aliphatic carbocycles. The van der Waals surface area contributed by atoms with Crippen LogP contribution < -0.4 is 10.5 Å². The predicted molar refractivity (Wildman–Crippen MR) is 130 cm³/mol. The molecule has 0 amide bonds. The van der Waals surface area contributed by atoms with Crippen LogP contribution in [0, 0.1) is 12.8 Å². The van der Waals surface area contributed by atoms with E-state index in [-0.39, 0.29) is 30.4 Å². The summed E-state index contributed by atoms with van der Waals surface area (Å²) < 4.78 is 13.3. The van der Waals surface area contributed by atoms with E-state index < -0.39 is 11.2 Å². The minimum atomic E-state index is -1.01. The topological polar surface area (TPSA) is 64.4 Å². The Bertz CT molecular complexity index is 880. The summed E-state index contributed by atoms with van der Waals surface area (Å²) in [6, 6.07) is 7.65. The Morgan fingerprint density at radius 1 is 1.10 bits per heavy atom. The molecule has 1 fully saturated rings. The molecule has 0 spiro atoms. The third-order valence-corrected chi connectivity index (χ3v) is 6.12. The van der Waals surface area contributed by atoms with Crippen molar-refractivity contribution in [3.63, 3.8) is 0 Å². The van der Waals surface area contributed by atoms with E-state index in [9.17, 15) is 9.35 Å². The minimum Gasteiger partial charge on any atom is -0.612 e. The minimum absolute atomic E-state index is 0. The van der Waals surface area contributed by atoms with Crippen LogP contribution in [0.25, 0.3) is 11.3 Å². The fourth-order valence-electron chi connectivity index (χ4n) is 3.59. The van der Waals surface area contributed by atoms with Gasteiger partial charge in [-0.15, -0.1) is 24.8 Å². The molecule has 1 aromatic heterocycles. The summed E-state index contributed by atoms with van der Waals surface area (Å²) in [5, 5.41) is 4.72. The number of hydrogen-bond acceptors (Lipinski definition) is 5. The van der Waals surface area contributed by atoms with Crippen LogP contribution in [0.1, 0.15) is 19.4 Å². The van der Waals surface area contributed by atoms with Gasteiger partial charge in [-0.25, -0.2) is 4.68 Å². The Kier molecular flexibility index (Phi) is 10.2. The summed E-state index contributed by atoms with van der Waals surface area (Å²) >= 11 is -1.01. The number of benzene rings is 1. The molecular formula is C21H32Cl2N4O2S. The molecule has 9 heteroatoms. The van der Waals surface area contributed by atoms with Crippen LogP contribution in [0.15, 0.2) is 34.0 Å². The number of nitrogens with zero attached hydrogens (tertiary/aromatic N) is 4. The number of aromatic nitrogens is 2. The van der Waals surface area contributed by atoms with Crippen LogP contribution in [-0.4, -0.2) is 58.7 Å². The zero-order valence-corrected chi connectivity index (χ0v) is 20.7. The second-order valence-electron chi connectivity index (χ2n) is 7.97. The Morgan fingerprint density at radius 2 is 1.67 bits per heavy atom. The van der Waals surface area contributed by atoms with Crippen molar-refractivity contribution >= 4 is 41.7 Å².